The van der Waals surface area contributed by atoms with Crippen LogP contribution in [0.5, 0.6) is 5.75 Å². The number of esters is 1. The van der Waals surface area contributed by atoms with Crippen molar-refractivity contribution in [1.82, 2.24) is 0 Å². The second kappa shape index (κ2) is 10.8. The fraction of sp³-hybridized carbons (Fsp3) is 0.300. The Morgan fingerprint density at radius 3 is 2.40 bits per heavy atom. The van der Waals surface area contributed by atoms with Gasteiger partial charge < -0.3 is 19.1 Å². The first-order valence-electron chi connectivity index (χ1n) is 11.9. The average molecular weight is 472 g/mol. The van der Waals surface area contributed by atoms with Crippen molar-refractivity contribution in [2.24, 2.45) is 0 Å². The number of fused-ring (bicyclic) bond motifs is 1. The van der Waals surface area contributed by atoms with Gasteiger partial charge in [0.15, 0.2) is 0 Å². The summed E-state index contributed by atoms with van der Waals surface area (Å²) in [6.07, 6.45) is 5.05. The van der Waals surface area contributed by atoms with Crippen LogP contribution in [0.1, 0.15) is 34.7 Å². The molecule has 182 valence electrons. The lowest BCUT2D eigenvalue weighted by Gasteiger charge is -2.48. The molecular formula is C30H33NO4. The monoisotopic (exact) mass is 471 g/mol. The lowest BCUT2D eigenvalue weighted by Crippen LogP contribution is -2.49. The van der Waals surface area contributed by atoms with Gasteiger partial charge >= 0.3 is 5.97 Å². The van der Waals surface area contributed by atoms with Crippen molar-refractivity contribution < 1.29 is 19.0 Å². The zero-order chi connectivity index (χ0) is 24.8. The Morgan fingerprint density at radius 2 is 1.74 bits per heavy atom. The second-order valence-corrected chi connectivity index (χ2v) is 8.88. The Balaban J connectivity index is 1.75. The molecule has 35 heavy (non-hydrogen) atoms. The molecule has 0 aromatic heterocycles. The molecule has 1 aliphatic rings. The SMILES string of the molecule is COCCc1ccc(N2CCc3cc(OC)ccc3C2(C)c2ccc(C=CC(=O)OC)cc2)cc1. The molecule has 4 rings (SSSR count). The lowest BCUT2D eigenvalue weighted by molar-refractivity contribution is -0.134. The summed E-state index contributed by atoms with van der Waals surface area (Å²) in [5, 5.41) is 0. The summed E-state index contributed by atoms with van der Waals surface area (Å²) in [7, 11) is 4.82. The van der Waals surface area contributed by atoms with Crippen LogP contribution in [-0.4, -0.2) is 40.5 Å². The third kappa shape index (κ3) is 5.10. The van der Waals surface area contributed by atoms with Crippen LogP contribution in [-0.2, 0) is 32.6 Å². The number of hydrogen-bond donors (Lipinski definition) is 0. The van der Waals surface area contributed by atoms with E-state index in [1.807, 2.05) is 18.2 Å². The normalized spacial score (nSPS) is 17.3. The van der Waals surface area contributed by atoms with Crippen LogP contribution in [0, 0.1) is 0 Å². The van der Waals surface area contributed by atoms with Gasteiger partial charge in [-0.05, 0) is 77.9 Å². The third-order valence-corrected chi connectivity index (χ3v) is 6.91. The van der Waals surface area contributed by atoms with Gasteiger partial charge in [0, 0.05) is 25.4 Å². The summed E-state index contributed by atoms with van der Waals surface area (Å²) in [6.45, 7) is 3.89. The van der Waals surface area contributed by atoms with E-state index in [4.69, 9.17) is 14.2 Å². The number of methoxy groups -OCH3 is 3. The van der Waals surface area contributed by atoms with Crippen LogP contribution < -0.4 is 9.64 Å². The van der Waals surface area contributed by atoms with E-state index in [1.54, 1.807) is 20.3 Å². The summed E-state index contributed by atoms with van der Waals surface area (Å²) in [5.74, 6) is 0.515. The molecule has 1 unspecified atom stereocenters. The first-order chi connectivity index (χ1) is 17.0. The third-order valence-electron chi connectivity index (χ3n) is 6.91. The molecule has 0 radical (unpaired) electrons. The lowest BCUT2D eigenvalue weighted by atomic mass is 9.76. The molecule has 0 spiro atoms. The molecule has 0 N–H and O–H groups in total. The number of ether oxygens (including phenoxy) is 3. The van der Waals surface area contributed by atoms with E-state index in [1.165, 1.54) is 41.1 Å². The summed E-state index contributed by atoms with van der Waals surface area (Å²) in [4.78, 5) is 14.0. The molecular weight excluding hydrogens is 438 g/mol. The maximum atomic E-state index is 11.5. The Bertz CT molecular complexity index is 1180. The highest BCUT2D eigenvalue weighted by Gasteiger charge is 2.40. The number of carbonyl (C=O) groups is 1. The van der Waals surface area contributed by atoms with Crippen LogP contribution in [0.2, 0.25) is 0 Å². The van der Waals surface area contributed by atoms with Gasteiger partial charge in [-0.3, -0.25) is 0 Å². The zero-order valence-electron chi connectivity index (χ0n) is 20.9. The smallest absolute Gasteiger partial charge is 0.330 e. The molecule has 0 saturated heterocycles. The van der Waals surface area contributed by atoms with Crippen molar-refractivity contribution in [3.63, 3.8) is 0 Å². The minimum atomic E-state index is -0.376. The van der Waals surface area contributed by atoms with Crippen molar-refractivity contribution in [2.75, 3.05) is 39.4 Å². The number of rotatable bonds is 8. The zero-order valence-corrected chi connectivity index (χ0v) is 20.9. The van der Waals surface area contributed by atoms with Crippen molar-refractivity contribution in [1.29, 1.82) is 0 Å². The fourth-order valence-corrected chi connectivity index (χ4v) is 4.89. The van der Waals surface area contributed by atoms with Gasteiger partial charge in [-0.2, -0.15) is 0 Å². The minimum Gasteiger partial charge on any atom is -0.497 e. The van der Waals surface area contributed by atoms with E-state index in [0.29, 0.717) is 6.61 Å². The highest BCUT2D eigenvalue weighted by Crippen LogP contribution is 2.44. The minimum absolute atomic E-state index is 0.365. The predicted molar refractivity (Wildman–Crippen MR) is 140 cm³/mol. The number of hydrogen-bond acceptors (Lipinski definition) is 5. The molecule has 5 nitrogen and oxygen atoms in total. The largest absolute Gasteiger partial charge is 0.497 e. The van der Waals surface area contributed by atoms with Crippen LogP contribution in [0.15, 0.2) is 72.8 Å². The van der Waals surface area contributed by atoms with Crippen molar-refractivity contribution in [2.45, 2.75) is 25.3 Å². The summed E-state index contributed by atoms with van der Waals surface area (Å²) >= 11 is 0. The van der Waals surface area contributed by atoms with Gasteiger partial charge in [-0.25, -0.2) is 4.79 Å². The first-order valence-corrected chi connectivity index (χ1v) is 11.9. The second-order valence-electron chi connectivity index (χ2n) is 8.88. The van der Waals surface area contributed by atoms with Crippen molar-refractivity contribution in [3.05, 3.63) is 101 Å². The molecule has 1 aliphatic heterocycles. The van der Waals surface area contributed by atoms with Crippen molar-refractivity contribution >= 4 is 17.7 Å². The van der Waals surface area contributed by atoms with E-state index < -0.39 is 0 Å². The highest BCUT2D eigenvalue weighted by atomic mass is 16.5. The number of nitrogens with zero attached hydrogens (tertiary/aromatic N) is 1. The van der Waals surface area contributed by atoms with Gasteiger partial charge in [-0.1, -0.05) is 42.5 Å². The average Bonchev–Trinajstić information content (AvgIpc) is 2.91. The molecule has 3 aromatic rings. The molecule has 1 heterocycles. The molecule has 1 atom stereocenters. The summed E-state index contributed by atoms with van der Waals surface area (Å²) < 4.78 is 15.5. The van der Waals surface area contributed by atoms with Gasteiger partial charge in [0.25, 0.3) is 0 Å². The van der Waals surface area contributed by atoms with Gasteiger partial charge in [0.2, 0.25) is 0 Å². The quantitative estimate of drug-likeness (QED) is 0.325. The number of carbonyl (C=O) groups excluding carboxylic acids is 1. The Labute approximate surface area is 207 Å². The van der Waals surface area contributed by atoms with Crippen LogP contribution in [0.4, 0.5) is 5.69 Å². The molecule has 0 saturated carbocycles. The van der Waals surface area contributed by atoms with Crippen LogP contribution >= 0.6 is 0 Å². The molecule has 0 aliphatic carbocycles. The number of benzene rings is 3. The van der Waals surface area contributed by atoms with E-state index in [2.05, 4.69) is 60.4 Å². The molecule has 5 heteroatoms. The van der Waals surface area contributed by atoms with E-state index in [-0.39, 0.29) is 11.5 Å². The van der Waals surface area contributed by atoms with Gasteiger partial charge in [0.1, 0.15) is 5.75 Å². The molecule has 0 bridgehead atoms. The molecule has 3 aromatic carbocycles. The number of anilines is 1. The summed E-state index contributed by atoms with van der Waals surface area (Å²) in [5.41, 5.74) is 6.77. The standard InChI is InChI=1S/C30H33NO4/c1-30(25-10-5-22(6-11-25)9-16-29(32)35-4)28-15-14-27(34-3)21-24(28)17-19-31(30)26-12-7-23(8-13-26)18-20-33-2/h5-16,21H,17-20H2,1-4H3. The summed E-state index contributed by atoms with van der Waals surface area (Å²) in [6, 6.07) is 23.6. The molecule has 0 amide bonds. The fourth-order valence-electron chi connectivity index (χ4n) is 4.89. The van der Waals surface area contributed by atoms with Crippen LogP contribution in [0.25, 0.3) is 6.08 Å². The van der Waals surface area contributed by atoms with Crippen molar-refractivity contribution in [3.8, 4) is 5.75 Å². The van der Waals surface area contributed by atoms with Gasteiger partial charge in [0.05, 0.1) is 26.4 Å². The van der Waals surface area contributed by atoms with Crippen LogP contribution in [0.3, 0.4) is 0 Å². The predicted octanol–water partition coefficient (Wildman–Crippen LogP) is 5.40. The Hall–Kier alpha value is -3.57. The van der Waals surface area contributed by atoms with E-state index in [9.17, 15) is 4.79 Å². The maximum Gasteiger partial charge on any atom is 0.330 e. The highest BCUT2D eigenvalue weighted by molar-refractivity contribution is 5.86. The first kappa shape index (κ1) is 24.6. The topological polar surface area (TPSA) is 48.0 Å². The van der Waals surface area contributed by atoms with E-state index in [0.717, 1.165) is 30.7 Å². The maximum absolute atomic E-state index is 11.5. The van der Waals surface area contributed by atoms with E-state index >= 15 is 0 Å². The Kier molecular flexibility index (Phi) is 7.57. The molecule has 0 fully saturated rings. The van der Waals surface area contributed by atoms with Gasteiger partial charge in [-0.15, -0.1) is 0 Å². The Morgan fingerprint density at radius 1 is 1.00 bits per heavy atom.